The number of aryl methyl sites for hydroxylation is 2. The van der Waals surface area contributed by atoms with Crippen LogP contribution in [0.4, 0.5) is 5.69 Å². The van der Waals surface area contributed by atoms with Crippen LogP contribution in [-0.2, 0) is 0 Å². The molecule has 0 saturated heterocycles. The average Bonchev–Trinajstić information content (AvgIpc) is 2.57. The molecule has 134 valence electrons. The van der Waals surface area contributed by atoms with Crippen molar-refractivity contribution in [2.75, 3.05) is 32.5 Å². The van der Waals surface area contributed by atoms with Crippen LogP contribution in [0.5, 0.6) is 0 Å². The first kappa shape index (κ1) is 19.8. The lowest BCUT2D eigenvalue weighted by molar-refractivity contribution is -0.858. The summed E-state index contributed by atoms with van der Waals surface area (Å²) in [5.41, 5.74) is 3.67. The summed E-state index contributed by atoms with van der Waals surface area (Å²) in [4.78, 5) is 3.95. The first-order valence-electron chi connectivity index (χ1n) is 8.63. The first-order valence-corrected chi connectivity index (χ1v) is 9.85. The Labute approximate surface area is 161 Å². The van der Waals surface area contributed by atoms with Gasteiger partial charge >= 0.3 is 0 Å². The van der Waals surface area contributed by atoms with Crippen molar-refractivity contribution in [1.82, 2.24) is 5.32 Å². The molecule has 25 heavy (non-hydrogen) atoms. The summed E-state index contributed by atoms with van der Waals surface area (Å²) in [7, 11) is 4.32. The number of thiocarbonyl (C=S) groups is 1. The van der Waals surface area contributed by atoms with E-state index in [1.54, 1.807) is 11.8 Å². The van der Waals surface area contributed by atoms with Crippen molar-refractivity contribution in [2.45, 2.75) is 30.1 Å². The smallest absolute Gasteiger partial charge is 0.170 e. The summed E-state index contributed by atoms with van der Waals surface area (Å²) in [6.07, 6.45) is 1.11. The van der Waals surface area contributed by atoms with Crippen LogP contribution in [0.25, 0.3) is 0 Å². The Balaban J connectivity index is 1.82. The normalized spacial score (nSPS) is 10.8. The lowest BCUT2D eigenvalue weighted by Crippen LogP contribution is -3.05. The molecule has 0 bridgehead atoms. The van der Waals surface area contributed by atoms with Gasteiger partial charge in [-0.25, -0.2) is 0 Å². The van der Waals surface area contributed by atoms with E-state index in [0.717, 1.165) is 25.2 Å². The molecule has 0 atom stereocenters. The SMILES string of the molecule is Cc1ccc(Sc2ccc(NC(=S)NCCC[NH+](C)C)cc2)cc1C. The molecule has 0 unspecified atom stereocenters. The molecule has 0 aliphatic carbocycles. The van der Waals surface area contributed by atoms with Crippen molar-refractivity contribution in [3.05, 3.63) is 53.6 Å². The molecule has 0 fully saturated rings. The van der Waals surface area contributed by atoms with Crippen LogP contribution in [0.1, 0.15) is 17.5 Å². The summed E-state index contributed by atoms with van der Waals surface area (Å²) < 4.78 is 0. The van der Waals surface area contributed by atoms with Crippen molar-refractivity contribution >= 4 is 34.8 Å². The molecule has 0 aliphatic heterocycles. The van der Waals surface area contributed by atoms with Gasteiger partial charge < -0.3 is 15.5 Å². The number of hydrogen-bond donors (Lipinski definition) is 3. The van der Waals surface area contributed by atoms with Crippen molar-refractivity contribution in [2.24, 2.45) is 0 Å². The highest BCUT2D eigenvalue weighted by Gasteiger charge is 2.02. The van der Waals surface area contributed by atoms with E-state index in [1.807, 2.05) is 0 Å². The van der Waals surface area contributed by atoms with E-state index in [0.29, 0.717) is 5.11 Å². The molecular formula is C20H28N3S2+. The third-order valence-corrected chi connectivity index (χ3v) is 5.21. The van der Waals surface area contributed by atoms with E-state index < -0.39 is 0 Å². The predicted molar refractivity (Wildman–Crippen MR) is 113 cm³/mol. The molecule has 2 aromatic rings. The van der Waals surface area contributed by atoms with Gasteiger partial charge in [-0.2, -0.15) is 0 Å². The number of anilines is 1. The molecule has 0 amide bonds. The van der Waals surface area contributed by atoms with Crippen molar-refractivity contribution in [3.8, 4) is 0 Å². The molecule has 2 rings (SSSR count). The van der Waals surface area contributed by atoms with E-state index in [4.69, 9.17) is 12.2 Å². The van der Waals surface area contributed by atoms with Crippen LogP contribution in [0.15, 0.2) is 52.3 Å². The second-order valence-corrected chi connectivity index (χ2v) is 8.12. The van der Waals surface area contributed by atoms with Gasteiger partial charge in [0.15, 0.2) is 5.11 Å². The molecule has 0 heterocycles. The molecule has 0 radical (unpaired) electrons. The van der Waals surface area contributed by atoms with Crippen LogP contribution >= 0.6 is 24.0 Å². The Hall–Kier alpha value is -1.56. The number of quaternary nitrogens is 1. The molecule has 3 nitrogen and oxygen atoms in total. The second-order valence-electron chi connectivity index (χ2n) is 6.56. The van der Waals surface area contributed by atoms with Crippen LogP contribution < -0.4 is 15.5 Å². The van der Waals surface area contributed by atoms with E-state index in [9.17, 15) is 0 Å². The molecule has 0 aromatic heterocycles. The fraction of sp³-hybridized carbons (Fsp3) is 0.350. The Morgan fingerprint density at radius 2 is 1.68 bits per heavy atom. The number of benzene rings is 2. The zero-order valence-corrected chi connectivity index (χ0v) is 17.1. The van der Waals surface area contributed by atoms with Crippen LogP contribution in [0.2, 0.25) is 0 Å². The van der Waals surface area contributed by atoms with Crippen LogP contribution in [0, 0.1) is 13.8 Å². The van der Waals surface area contributed by atoms with Crippen LogP contribution in [-0.4, -0.2) is 32.3 Å². The summed E-state index contributed by atoms with van der Waals surface area (Å²) in [5, 5.41) is 7.18. The Bertz CT molecular complexity index is 697. The summed E-state index contributed by atoms with van der Waals surface area (Å²) >= 11 is 7.12. The zero-order valence-electron chi connectivity index (χ0n) is 15.5. The minimum atomic E-state index is 0.684. The average molecular weight is 375 g/mol. The standard InChI is InChI=1S/C20H27N3S2/c1-15-6-9-19(14-16(15)2)25-18-10-7-17(8-11-18)22-20(24)21-12-5-13-23(3)4/h6-11,14H,5,12-13H2,1-4H3,(H2,21,22,24)/p+1. The quantitative estimate of drug-likeness (QED) is 0.512. The summed E-state index contributed by atoms with van der Waals surface area (Å²) in [6.45, 7) is 6.33. The summed E-state index contributed by atoms with van der Waals surface area (Å²) in [5.74, 6) is 0. The fourth-order valence-electron chi connectivity index (χ4n) is 2.34. The molecule has 0 spiro atoms. The number of nitrogens with one attached hydrogen (secondary N) is 3. The molecule has 0 saturated carbocycles. The van der Waals surface area contributed by atoms with E-state index >= 15 is 0 Å². The maximum atomic E-state index is 5.35. The molecule has 2 aromatic carbocycles. The van der Waals surface area contributed by atoms with Gasteiger partial charge in [0.05, 0.1) is 20.6 Å². The van der Waals surface area contributed by atoms with Crippen molar-refractivity contribution in [3.63, 3.8) is 0 Å². The van der Waals surface area contributed by atoms with Crippen molar-refractivity contribution < 1.29 is 4.90 Å². The minimum absolute atomic E-state index is 0.684. The van der Waals surface area contributed by atoms with Gasteiger partial charge in [0, 0.05) is 28.4 Å². The fourth-order valence-corrected chi connectivity index (χ4v) is 3.47. The third kappa shape index (κ3) is 7.06. The third-order valence-electron chi connectivity index (χ3n) is 3.97. The highest BCUT2D eigenvalue weighted by molar-refractivity contribution is 7.99. The Kier molecular flexibility index (Phi) is 7.75. The zero-order chi connectivity index (χ0) is 18.2. The maximum absolute atomic E-state index is 5.35. The van der Waals surface area contributed by atoms with E-state index in [-0.39, 0.29) is 0 Å². The van der Waals surface area contributed by atoms with Gasteiger partial charge in [-0.15, -0.1) is 0 Å². The lowest BCUT2D eigenvalue weighted by atomic mass is 10.1. The van der Waals surface area contributed by atoms with Crippen molar-refractivity contribution in [1.29, 1.82) is 0 Å². The van der Waals surface area contributed by atoms with Gasteiger partial charge in [0.2, 0.25) is 0 Å². The Morgan fingerprint density at radius 3 is 2.32 bits per heavy atom. The maximum Gasteiger partial charge on any atom is 0.170 e. The first-order chi connectivity index (χ1) is 11.9. The van der Waals surface area contributed by atoms with Gasteiger partial charge in [-0.1, -0.05) is 17.8 Å². The summed E-state index contributed by atoms with van der Waals surface area (Å²) in [6, 6.07) is 15.0. The monoisotopic (exact) mass is 374 g/mol. The molecule has 3 N–H and O–H groups in total. The van der Waals surface area contributed by atoms with Gasteiger partial charge in [-0.3, -0.25) is 0 Å². The van der Waals surface area contributed by atoms with E-state index in [1.165, 1.54) is 25.8 Å². The van der Waals surface area contributed by atoms with Crippen LogP contribution in [0.3, 0.4) is 0 Å². The van der Waals surface area contributed by atoms with Gasteiger partial charge in [0.1, 0.15) is 0 Å². The molecule has 0 aliphatic rings. The minimum Gasteiger partial charge on any atom is -0.362 e. The van der Waals surface area contributed by atoms with Gasteiger partial charge in [0.25, 0.3) is 0 Å². The highest BCUT2D eigenvalue weighted by Crippen LogP contribution is 2.29. The number of rotatable bonds is 7. The highest BCUT2D eigenvalue weighted by atomic mass is 32.2. The number of hydrogen-bond acceptors (Lipinski definition) is 2. The lowest BCUT2D eigenvalue weighted by Gasteiger charge is -2.12. The largest absolute Gasteiger partial charge is 0.362 e. The molecular weight excluding hydrogens is 346 g/mol. The van der Waals surface area contributed by atoms with E-state index in [2.05, 4.69) is 81.0 Å². The second kappa shape index (κ2) is 9.80. The molecule has 5 heteroatoms. The van der Waals surface area contributed by atoms with Gasteiger partial charge in [-0.05, 0) is 73.6 Å². The Morgan fingerprint density at radius 1 is 1.00 bits per heavy atom. The topological polar surface area (TPSA) is 28.5 Å². The predicted octanol–water partition coefficient (Wildman–Crippen LogP) is 3.28.